The summed E-state index contributed by atoms with van der Waals surface area (Å²) < 4.78 is 11.0. The molecule has 1 aromatic carbocycles. The number of halogens is 2. The van der Waals surface area contributed by atoms with Crippen molar-refractivity contribution in [1.82, 2.24) is 0 Å². The molecule has 0 aliphatic rings. The third kappa shape index (κ3) is 3.77. The lowest BCUT2D eigenvalue weighted by atomic mass is 10.2. The number of rotatable bonds is 6. The number of hydrogen-bond acceptors (Lipinski definition) is 3. The van der Waals surface area contributed by atoms with Crippen molar-refractivity contribution in [2.45, 2.75) is 6.42 Å². The van der Waals surface area contributed by atoms with Gasteiger partial charge in [0.05, 0.1) is 11.6 Å². The summed E-state index contributed by atoms with van der Waals surface area (Å²) in [5.74, 6) is 0.517. The van der Waals surface area contributed by atoms with Gasteiger partial charge >= 0.3 is 0 Å². The third-order valence-electron chi connectivity index (χ3n) is 1.93. The second-order valence-corrected chi connectivity index (χ2v) is 4.38. The maximum atomic E-state index is 10.7. The molecule has 1 rings (SSSR count). The highest BCUT2D eigenvalue weighted by Crippen LogP contribution is 2.30. The lowest BCUT2D eigenvalue weighted by Crippen LogP contribution is -2.02. The van der Waals surface area contributed by atoms with Gasteiger partial charge in [-0.05, 0) is 12.1 Å². The van der Waals surface area contributed by atoms with E-state index in [1.54, 1.807) is 19.2 Å². The zero-order valence-corrected chi connectivity index (χ0v) is 11.2. The third-order valence-corrected chi connectivity index (χ3v) is 2.91. The standard InChI is InChI=1S/C11H12BrClO3/c1-15-3-2-4-16-11-5-8(7-14)9(12)6-10(11)13/h5-7H,2-4H2,1H3. The molecule has 5 heteroatoms. The van der Waals surface area contributed by atoms with Gasteiger partial charge in [-0.3, -0.25) is 4.79 Å². The van der Waals surface area contributed by atoms with Crippen LogP contribution in [0.3, 0.4) is 0 Å². The van der Waals surface area contributed by atoms with E-state index >= 15 is 0 Å². The SMILES string of the molecule is COCCCOc1cc(C=O)c(Br)cc1Cl. The zero-order valence-electron chi connectivity index (χ0n) is 8.83. The van der Waals surface area contributed by atoms with Crippen LogP contribution in [-0.2, 0) is 4.74 Å². The van der Waals surface area contributed by atoms with E-state index in [0.29, 0.717) is 34.0 Å². The first-order valence-corrected chi connectivity index (χ1v) is 5.92. The Balaban J connectivity index is 2.68. The number of aldehydes is 1. The van der Waals surface area contributed by atoms with E-state index in [9.17, 15) is 4.79 Å². The smallest absolute Gasteiger partial charge is 0.151 e. The molecule has 0 N–H and O–H groups in total. The zero-order chi connectivity index (χ0) is 12.0. The Kier molecular flexibility index (Phi) is 5.80. The van der Waals surface area contributed by atoms with Crippen LogP contribution < -0.4 is 4.74 Å². The first-order chi connectivity index (χ1) is 7.69. The summed E-state index contributed by atoms with van der Waals surface area (Å²) in [5.41, 5.74) is 0.520. The molecule has 0 bridgehead atoms. The Hall–Kier alpha value is -0.580. The average Bonchev–Trinajstić information content (AvgIpc) is 2.27. The molecule has 0 amide bonds. The summed E-state index contributed by atoms with van der Waals surface area (Å²) in [6.07, 6.45) is 1.53. The van der Waals surface area contributed by atoms with Crippen molar-refractivity contribution >= 4 is 33.8 Å². The number of methoxy groups -OCH3 is 1. The maximum absolute atomic E-state index is 10.7. The van der Waals surface area contributed by atoms with E-state index in [-0.39, 0.29) is 0 Å². The van der Waals surface area contributed by atoms with E-state index < -0.39 is 0 Å². The van der Waals surface area contributed by atoms with E-state index in [1.807, 2.05) is 0 Å². The molecule has 0 aliphatic heterocycles. The van der Waals surface area contributed by atoms with Gasteiger partial charge in [0, 0.05) is 30.2 Å². The topological polar surface area (TPSA) is 35.5 Å². The van der Waals surface area contributed by atoms with Crippen LogP contribution in [-0.4, -0.2) is 26.6 Å². The Morgan fingerprint density at radius 3 is 2.81 bits per heavy atom. The molecule has 0 aliphatic carbocycles. The second-order valence-electron chi connectivity index (χ2n) is 3.12. The van der Waals surface area contributed by atoms with Gasteiger partial charge in [-0.15, -0.1) is 0 Å². The van der Waals surface area contributed by atoms with Gasteiger partial charge in [-0.1, -0.05) is 27.5 Å². The van der Waals surface area contributed by atoms with Crippen LogP contribution >= 0.6 is 27.5 Å². The molecule has 16 heavy (non-hydrogen) atoms. The van der Waals surface area contributed by atoms with E-state index in [2.05, 4.69) is 15.9 Å². The van der Waals surface area contributed by atoms with Crippen molar-refractivity contribution < 1.29 is 14.3 Å². The molecular formula is C11H12BrClO3. The number of benzene rings is 1. The summed E-state index contributed by atoms with van der Waals surface area (Å²) >= 11 is 9.21. The fraction of sp³-hybridized carbons (Fsp3) is 0.364. The fourth-order valence-electron chi connectivity index (χ4n) is 1.13. The van der Waals surface area contributed by atoms with Crippen molar-refractivity contribution in [1.29, 1.82) is 0 Å². The first kappa shape index (κ1) is 13.5. The Morgan fingerprint density at radius 2 is 2.19 bits per heavy atom. The van der Waals surface area contributed by atoms with Crippen LogP contribution in [0.2, 0.25) is 5.02 Å². The first-order valence-electron chi connectivity index (χ1n) is 4.75. The molecule has 0 fully saturated rings. The lowest BCUT2D eigenvalue weighted by molar-refractivity contribution is 0.112. The normalized spacial score (nSPS) is 10.2. The highest BCUT2D eigenvalue weighted by Gasteiger charge is 2.07. The average molecular weight is 308 g/mol. The fourth-order valence-corrected chi connectivity index (χ4v) is 1.92. The van der Waals surface area contributed by atoms with Crippen molar-refractivity contribution in [3.8, 4) is 5.75 Å². The predicted molar refractivity (Wildman–Crippen MR) is 66.5 cm³/mol. The summed E-state index contributed by atoms with van der Waals surface area (Å²) in [6, 6.07) is 3.27. The molecular weight excluding hydrogens is 295 g/mol. The molecule has 0 spiro atoms. The van der Waals surface area contributed by atoms with Crippen LogP contribution in [0, 0.1) is 0 Å². The minimum atomic E-state index is 0.481. The van der Waals surface area contributed by atoms with E-state index in [4.69, 9.17) is 21.1 Å². The van der Waals surface area contributed by atoms with Crippen molar-refractivity contribution in [2.75, 3.05) is 20.3 Å². The van der Waals surface area contributed by atoms with E-state index in [1.165, 1.54) is 0 Å². The lowest BCUT2D eigenvalue weighted by Gasteiger charge is -2.09. The summed E-state index contributed by atoms with van der Waals surface area (Å²) in [7, 11) is 1.64. The Bertz CT molecular complexity index is 368. The molecule has 0 radical (unpaired) electrons. The van der Waals surface area contributed by atoms with Gasteiger partial charge in [0.1, 0.15) is 5.75 Å². The van der Waals surface area contributed by atoms with Crippen LogP contribution in [0.4, 0.5) is 0 Å². The summed E-state index contributed by atoms with van der Waals surface area (Å²) in [6.45, 7) is 1.14. The quantitative estimate of drug-likeness (QED) is 0.597. The number of hydrogen-bond donors (Lipinski definition) is 0. The van der Waals surface area contributed by atoms with Gasteiger partial charge in [-0.25, -0.2) is 0 Å². The molecule has 0 aromatic heterocycles. The van der Waals surface area contributed by atoms with Crippen LogP contribution in [0.1, 0.15) is 16.8 Å². The summed E-state index contributed by atoms with van der Waals surface area (Å²) in [4.78, 5) is 10.7. The minimum absolute atomic E-state index is 0.481. The van der Waals surface area contributed by atoms with Gasteiger partial charge in [0.15, 0.2) is 6.29 Å². The molecule has 0 saturated heterocycles. The molecule has 1 aromatic rings. The molecule has 0 heterocycles. The number of ether oxygens (including phenoxy) is 2. The molecule has 0 atom stereocenters. The van der Waals surface area contributed by atoms with Gasteiger partial charge < -0.3 is 9.47 Å². The minimum Gasteiger partial charge on any atom is -0.492 e. The van der Waals surface area contributed by atoms with Crippen molar-refractivity contribution in [2.24, 2.45) is 0 Å². The van der Waals surface area contributed by atoms with Crippen LogP contribution in [0.5, 0.6) is 5.75 Å². The molecule has 0 unspecified atom stereocenters. The molecule has 88 valence electrons. The second kappa shape index (κ2) is 6.89. The highest BCUT2D eigenvalue weighted by atomic mass is 79.9. The highest BCUT2D eigenvalue weighted by molar-refractivity contribution is 9.10. The van der Waals surface area contributed by atoms with Gasteiger partial charge in [0.25, 0.3) is 0 Å². The predicted octanol–water partition coefficient (Wildman–Crippen LogP) is 3.33. The van der Waals surface area contributed by atoms with E-state index in [0.717, 1.165) is 12.7 Å². The summed E-state index contributed by atoms with van der Waals surface area (Å²) in [5, 5.41) is 0.481. The maximum Gasteiger partial charge on any atom is 0.151 e. The van der Waals surface area contributed by atoms with Gasteiger partial charge in [-0.2, -0.15) is 0 Å². The Labute approximate surface area is 108 Å². The van der Waals surface area contributed by atoms with Crippen LogP contribution in [0.25, 0.3) is 0 Å². The molecule has 3 nitrogen and oxygen atoms in total. The Morgan fingerprint density at radius 1 is 1.44 bits per heavy atom. The van der Waals surface area contributed by atoms with Crippen LogP contribution in [0.15, 0.2) is 16.6 Å². The number of carbonyl (C=O) groups excluding carboxylic acids is 1. The van der Waals surface area contributed by atoms with Crippen molar-refractivity contribution in [3.63, 3.8) is 0 Å². The monoisotopic (exact) mass is 306 g/mol. The molecule has 0 saturated carbocycles. The van der Waals surface area contributed by atoms with Crippen molar-refractivity contribution in [3.05, 3.63) is 27.2 Å². The largest absolute Gasteiger partial charge is 0.492 e. The van der Waals surface area contributed by atoms with Gasteiger partial charge in [0.2, 0.25) is 0 Å². The number of carbonyl (C=O) groups is 1.